The van der Waals surface area contributed by atoms with E-state index in [2.05, 4.69) is 0 Å². The molecular formula is C8H5Cl2NO2S. The molecule has 1 aromatic rings. The molecule has 0 heterocycles. The minimum atomic E-state index is -3.42. The Morgan fingerprint density at radius 1 is 1.36 bits per heavy atom. The zero-order valence-corrected chi connectivity index (χ0v) is 9.41. The van der Waals surface area contributed by atoms with Crippen LogP contribution in [0.5, 0.6) is 0 Å². The summed E-state index contributed by atoms with van der Waals surface area (Å²) < 4.78 is 22.4. The molecule has 0 aromatic heterocycles. The number of rotatable bonds is 1. The molecule has 0 radical (unpaired) electrons. The summed E-state index contributed by atoms with van der Waals surface area (Å²) in [5.74, 6) is 0. The van der Waals surface area contributed by atoms with E-state index in [9.17, 15) is 8.42 Å². The van der Waals surface area contributed by atoms with Crippen LogP contribution in [0.1, 0.15) is 5.56 Å². The zero-order valence-electron chi connectivity index (χ0n) is 7.08. The maximum atomic E-state index is 11.2. The van der Waals surface area contributed by atoms with Crippen molar-refractivity contribution in [3.8, 4) is 6.07 Å². The second-order valence-corrected chi connectivity index (χ2v) is 5.39. The average Bonchev–Trinajstić information content (AvgIpc) is 2.02. The molecule has 1 aromatic carbocycles. The topological polar surface area (TPSA) is 57.9 Å². The summed E-state index contributed by atoms with van der Waals surface area (Å²) in [6.45, 7) is 0. The summed E-state index contributed by atoms with van der Waals surface area (Å²) in [6, 6.07) is 4.36. The molecular weight excluding hydrogens is 245 g/mol. The molecule has 0 unspecified atom stereocenters. The SMILES string of the molecule is CS(=O)(=O)c1ccc(Cl)c(C#N)c1Cl. The summed E-state index contributed by atoms with van der Waals surface area (Å²) in [5, 5.41) is 8.70. The molecule has 0 amide bonds. The summed E-state index contributed by atoms with van der Waals surface area (Å²) in [4.78, 5) is -0.0832. The molecule has 14 heavy (non-hydrogen) atoms. The van der Waals surface area contributed by atoms with Gasteiger partial charge in [-0.1, -0.05) is 23.2 Å². The van der Waals surface area contributed by atoms with E-state index in [1.807, 2.05) is 0 Å². The van der Waals surface area contributed by atoms with E-state index in [4.69, 9.17) is 28.5 Å². The minimum Gasteiger partial charge on any atom is -0.224 e. The van der Waals surface area contributed by atoms with Gasteiger partial charge in [-0.05, 0) is 12.1 Å². The van der Waals surface area contributed by atoms with Gasteiger partial charge in [0, 0.05) is 6.26 Å². The molecule has 0 aliphatic rings. The highest BCUT2D eigenvalue weighted by atomic mass is 35.5. The highest BCUT2D eigenvalue weighted by Gasteiger charge is 2.17. The lowest BCUT2D eigenvalue weighted by molar-refractivity contribution is 0.602. The van der Waals surface area contributed by atoms with Crippen molar-refractivity contribution in [3.63, 3.8) is 0 Å². The maximum Gasteiger partial charge on any atom is 0.177 e. The van der Waals surface area contributed by atoms with Crippen molar-refractivity contribution in [2.24, 2.45) is 0 Å². The van der Waals surface area contributed by atoms with Gasteiger partial charge in [0.1, 0.15) is 6.07 Å². The molecule has 6 heteroatoms. The molecule has 0 spiro atoms. The minimum absolute atomic E-state index is 0.0174. The van der Waals surface area contributed by atoms with Crippen LogP contribution >= 0.6 is 23.2 Å². The van der Waals surface area contributed by atoms with Crippen LogP contribution < -0.4 is 0 Å². The van der Waals surface area contributed by atoms with Crippen LogP contribution in [0.15, 0.2) is 17.0 Å². The van der Waals surface area contributed by atoms with Gasteiger partial charge in [0.15, 0.2) is 9.84 Å². The highest BCUT2D eigenvalue weighted by Crippen LogP contribution is 2.30. The van der Waals surface area contributed by atoms with Crippen molar-refractivity contribution in [1.29, 1.82) is 5.26 Å². The quantitative estimate of drug-likeness (QED) is 0.768. The Bertz CT molecular complexity index is 517. The van der Waals surface area contributed by atoms with Crippen LogP contribution in [-0.4, -0.2) is 14.7 Å². The first-order chi connectivity index (χ1) is 6.38. The summed E-state index contributed by atoms with van der Waals surface area (Å²) in [7, 11) is -3.42. The van der Waals surface area contributed by atoms with Crippen LogP contribution in [0.2, 0.25) is 10.0 Å². The van der Waals surface area contributed by atoms with Gasteiger partial charge in [-0.3, -0.25) is 0 Å². The maximum absolute atomic E-state index is 11.2. The molecule has 0 saturated carbocycles. The van der Waals surface area contributed by atoms with Crippen molar-refractivity contribution >= 4 is 33.0 Å². The third-order valence-electron chi connectivity index (χ3n) is 1.57. The molecule has 0 saturated heterocycles. The zero-order chi connectivity index (χ0) is 10.9. The lowest BCUT2D eigenvalue weighted by Crippen LogP contribution is -1.99. The molecule has 0 fully saturated rings. The first-order valence-corrected chi connectivity index (χ1v) is 6.11. The Balaban J connectivity index is 3.62. The van der Waals surface area contributed by atoms with Crippen LogP contribution in [0, 0.1) is 11.3 Å². The van der Waals surface area contributed by atoms with E-state index in [1.54, 1.807) is 6.07 Å². The lowest BCUT2D eigenvalue weighted by atomic mass is 10.2. The largest absolute Gasteiger partial charge is 0.224 e. The summed E-state index contributed by atoms with van der Waals surface area (Å²) >= 11 is 11.4. The highest BCUT2D eigenvalue weighted by molar-refractivity contribution is 7.90. The van der Waals surface area contributed by atoms with Crippen molar-refractivity contribution in [3.05, 3.63) is 27.7 Å². The van der Waals surface area contributed by atoms with Gasteiger partial charge in [0.05, 0.1) is 20.5 Å². The number of hydrogen-bond donors (Lipinski definition) is 0. The average molecular weight is 250 g/mol. The smallest absolute Gasteiger partial charge is 0.177 e. The van der Waals surface area contributed by atoms with Gasteiger partial charge in [0.2, 0.25) is 0 Å². The molecule has 0 aliphatic carbocycles. The number of hydrogen-bond acceptors (Lipinski definition) is 3. The fourth-order valence-corrected chi connectivity index (χ4v) is 2.54. The van der Waals surface area contributed by atoms with E-state index in [0.29, 0.717) is 0 Å². The van der Waals surface area contributed by atoms with Gasteiger partial charge < -0.3 is 0 Å². The number of nitrogens with zero attached hydrogens (tertiary/aromatic N) is 1. The van der Waals surface area contributed by atoms with Gasteiger partial charge in [-0.2, -0.15) is 5.26 Å². The summed E-state index contributed by atoms with van der Waals surface area (Å²) in [6.07, 6.45) is 1.02. The van der Waals surface area contributed by atoms with Crippen LogP contribution in [0.25, 0.3) is 0 Å². The third kappa shape index (κ3) is 2.01. The Hall–Kier alpha value is -0.760. The fourth-order valence-electron chi connectivity index (χ4n) is 0.922. The third-order valence-corrected chi connectivity index (χ3v) is 3.53. The van der Waals surface area contributed by atoms with Gasteiger partial charge in [-0.15, -0.1) is 0 Å². The van der Waals surface area contributed by atoms with E-state index < -0.39 is 9.84 Å². The van der Waals surface area contributed by atoms with Crippen molar-refractivity contribution in [1.82, 2.24) is 0 Å². The normalized spacial score (nSPS) is 11.0. The van der Waals surface area contributed by atoms with Gasteiger partial charge in [0.25, 0.3) is 0 Å². The predicted octanol–water partition coefficient (Wildman–Crippen LogP) is 2.27. The predicted molar refractivity (Wildman–Crippen MR) is 54.3 cm³/mol. The van der Waals surface area contributed by atoms with Crippen molar-refractivity contribution in [2.75, 3.05) is 6.26 Å². The Kier molecular flexibility index (Phi) is 3.05. The Morgan fingerprint density at radius 2 is 1.93 bits per heavy atom. The standard InChI is InChI=1S/C8H5Cl2NO2S/c1-14(12,13)7-3-2-6(9)5(4-11)8(7)10/h2-3H,1H3. The molecule has 0 bridgehead atoms. The monoisotopic (exact) mass is 249 g/mol. The van der Waals surface area contributed by atoms with Gasteiger partial charge >= 0.3 is 0 Å². The fraction of sp³-hybridized carbons (Fsp3) is 0.125. The number of nitriles is 1. The molecule has 0 atom stereocenters. The number of halogens is 2. The van der Waals surface area contributed by atoms with E-state index in [-0.39, 0.29) is 20.5 Å². The van der Waals surface area contributed by atoms with Crippen LogP contribution in [-0.2, 0) is 9.84 Å². The van der Waals surface area contributed by atoms with Crippen molar-refractivity contribution in [2.45, 2.75) is 4.90 Å². The molecule has 3 nitrogen and oxygen atoms in total. The van der Waals surface area contributed by atoms with E-state index >= 15 is 0 Å². The molecule has 74 valence electrons. The molecule has 0 aliphatic heterocycles. The lowest BCUT2D eigenvalue weighted by Gasteiger charge is -2.04. The first-order valence-electron chi connectivity index (χ1n) is 3.46. The second-order valence-electron chi connectivity index (χ2n) is 2.62. The van der Waals surface area contributed by atoms with Crippen molar-refractivity contribution < 1.29 is 8.42 Å². The first kappa shape index (κ1) is 11.3. The van der Waals surface area contributed by atoms with Gasteiger partial charge in [-0.25, -0.2) is 8.42 Å². The summed E-state index contributed by atoms with van der Waals surface area (Å²) in [5.41, 5.74) is -0.0174. The number of benzene rings is 1. The second kappa shape index (κ2) is 3.77. The van der Waals surface area contributed by atoms with E-state index in [1.165, 1.54) is 12.1 Å². The molecule has 1 rings (SSSR count). The number of sulfone groups is 1. The Labute approximate surface area is 91.8 Å². The molecule has 0 N–H and O–H groups in total. The van der Waals surface area contributed by atoms with Crippen LogP contribution in [0.4, 0.5) is 0 Å². The van der Waals surface area contributed by atoms with E-state index in [0.717, 1.165) is 6.26 Å². The van der Waals surface area contributed by atoms with Crippen LogP contribution in [0.3, 0.4) is 0 Å². The Morgan fingerprint density at radius 3 is 2.36 bits per heavy atom.